The highest BCUT2D eigenvalue weighted by molar-refractivity contribution is 5.85. The molecule has 2 rings (SSSR count). The molecule has 2 nitrogen and oxygen atoms in total. The van der Waals surface area contributed by atoms with Crippen LogP contribution in [0, 0.1) is 0 Å². The Morgan fingerprint density at radius 1 is 1.42 bits per heavy atom. The second-order valence-electron chi connectivity index (χ2n) is 3.27. The molecule has 0 aromatic rings. The Balaban J connectivity index is 0.000000605. The number of fused-ring (bicyclic) bond motifs is 1. The van der Waals surface area contributed by atoms with Gasteiger partial charge in [0.2, 0.25) is 0 Å². The molecule has 0 aliphatic carbocycles. The van der Waals surface area contributed by atoms with Gasteiger partial charge in [-0.05, 0) is 18.9 Å². The average molecular weight is 211 g/mol. The van der Waals surface area contributed by atoms with E-state index in [2.05, 4.69) is 23.6 Å². The first-order valence-corrected chi connectivity index (χ1v) is 4.02. The molecule has 2 heterocycles. The summed E-state index contributed by atoms with van der Waals surface area (Å²) >= 11 is 0. The molecule has 2 unspecified atom stereocenters. The molecule has 2 N–H and O–H groups in total. The molecule has 2 aliphatic heterocycles. The van der Waals surface area contributed by atoms with Gasteiger partial charge in [0.15, 0.2) is 0 Å². The summed E-state index contributed by atoms with van der Waals surface area (Å²) in [6.45, 7) is 4.46. The molecular formula is C8H16Cl2N2. The van der Waals surface area contributed by atoms with E-state index in [-0.39, 0.29) is 24.8 Å². The van der Waals surface area contributed by atoms with Crippen LogP contribution in [-0.4, -0.2) is 25.2 Å². The van der Waals surface area contributed by atoms with Gasteiger partial charge in [0.1, 0.15) is 0 Å². The first-order chi connectivity index (χ1) is 4.86. The first-order valence-electron chi connectivity index (χ1n) is 4.02. The third kappa shape index (κ3) is 2.36. The van der Waals surface area contributed by atoms with E-state index in [1.165, 1.54) is 6.42 Å². The summed E-state index contributed by atoms with van der Waals surface area (Å²) in [5, 5.41) is 6.90. The molecule has 0 radical (unpaired) electrons. The van der Waals surface area contributed by atoms with Crippen LogP contribution in [0.5, 0.6) is 0 Å². The van der Waals surface area contributed by atoms with Crippen molar-refractivity contribution in [2.45, 2.75) is 25.4 Å². The van der Waals surface area contributed by atoms with Crippen molar-refractivity contribution >= 4 is 24.8 Å². The Labute approximate surface area is 86.0 Å². The minimum absolute atomic E-state index is 0. The van der Waals surface area contributed by atoms with Gasteiger partial charge < -0.3 is 10.6 Å². The van der Waals surface area contributed by atoms with Crippen LogP contribution < -0.4 is 10.6 Å². The SMILES string of the molecule is CC1CC=C2CNCC2N1.Cl.Cl. The van der Waals surface area contributed by atoms with E-state index in [9.17, 15) is 0 Å². The Morgan fingerprint density at radius 2 is 2.17 bits per heavy atom. The third-order valence-corrected chi connectivity index (χ3v) is 2.34. The molecule has 0 bridgehead atoms. The van der Waals surface area contributed by atoms with Gasteiger partial charge in [-0.3, -0.25) is 0 Å². The fraction of sp³-hybridized carbons (Fsp3) is 0.750. The Hall–Kier alpha value is 0.240. The summed E-state index contributed by atoms with van der Waals surface area (Å²) in [6.07, 6.45) is 3.58. The van der Waals surface area contributed by atoms with Crippen molar-refractivity contribution in [1.29, 1.82) is 0 Å². The zero-order chi connectivity index (χ0) is 6.97. The van der Waals surface area contributed by atoms with Crippen molar-refractivity contribution in [2.75, 3.05) is 13.1 Å². The predicted octanol–water partition coefficient (Wildman–Crippen LogP) is 1.11. The zero-order valence-corrected chi connectivity index (χ0v) is 8.80. The molecule has 0 spiro atoms. The van der Waals surface area contributed by atoms with Crippen molar-refractivity contribution in [3.05, 3.63) is 11.6 Å². The average Bonchev–Trinajstić information content (AvgIpc) is 2.33. The largest absolute Gasteiger partial charge is 0.311 e. The highest BCUT2D eigenvalue weighted by atomic mass is 35.5. The van der Waals surface area contributed by atoms with E-state index >= 15 is 0 Å². The lowest BCUT2D eigenvalue weighted by molar-refractivity contribution is 0.480. The molecular weight excluding hydrogens is 195 g/mol. The number of rotatable bonds is 0. The third-order valence-electron chi connectivity index (χ3n) is 2.34. The van der Waals surface area contributed by atoms with Crippen LogP contribution in [0.2, 0.25) is 0 Å². The second-order valence-corrected chi connectivity index (χ2v) is 3.27. The maximum absolute atomic E-state index is 3.55. The smallest absolute Gasteiger partial charge is 0.0420 e. The van der Waals surface area contributed by atoms with E-state index in [1.807, 2.05) is 0 Å². The lowest BCUT2D eigenvalue weighted by Crippen LogP contribution is -2.41. The summed E-state index contributed by atoms with van der Waals surface area (Å²) in [5.41, 5.74) is 1.57. The van der Waals surface area contributed by atoms with E-state index in [0.717, 1.165) is 13.1 Å². The molecule has 2 aliphatic rings. The summed E-state index contributed by atoms with van der Waals surface area (Å²) in [4.78, 5) is 0. The second kappa shape index (κ2) is 5.07. The van der Waals surface area contributed by atoms with Gasteiger partial charge in [0.05, 0.1) is 0 Å². The topological polar surface area (TPSA) is 24.1 Å². The zero-order valence-electron chi connectivity index (χ0n) is 7.17. The summed E-state index contributed by atoms with van der Waals surface area (Å²) < 4.78 is 0. The van der Waals surface area contributed by atoms with Gasteiger partial charge in [-0.1, -0.05) is 6.08 Å². The summed E-state index contributed by atoms with van der Waals surface area (Å²) in [5.74, 6) is 0. The number of halogens is 2. The molecule has 1 fully saturated rings. The normalized spacial score (nSPS) is 32.6. The highest BCUT2D eigenvalue weighted by Crippen LogP contribution is 2.15. The summed E-state index contributed by atoms with van der Waals surface area (Å²) in [6, 6.07) is 1.32. The van der Waals surface area contributed by atoms with Crippen LogP contribution in [0.25, 0.3) is 0 Å². The molecule has 0 amide bonds. The molecule has 1 saturated heterocycles. The summed E-state index contributed by atoms with van der Waals surface area (Å²) in [7, 11) is 0. The van der Waals surface area contributed by atoms with Crippen LogP contribution in [0.15, 0.2) is 11.6 Å². The Bertz CT molecular complexity index is 170. The fourth-order valence-corrected chi connectivity index (χ4v) is 1.74. The molecule has 4 heteroatoms. The maximum Gasteiger partial charge on any atom is 0.0420 e. The van der Waals surface area contributed by atoms with Crippen LogP contribution in [0.1, 0.15) is 13.3 Å². The van der Waals surface area contributed by atoms with Crippen LogP contribution >= 0.6 is 24.8 Å². The van der Waals surface area contributed by atoms with Crippen molar-refractivity contribution in [3.8, 4) is 0 Å². The Morgan fingerprint density at radius 3 is 2.92 bits per heavy atom. The number of nitrogens with one attached hydrogen (secondary N) is 2. The first kappa shape index (κ1) is 12.2. The van der Waals surface area contributed by atoms with Crippen molar-refractivity contribution in [3.63, 3.8) is 0 Å². The quantitative estimate of drug-likeness (QED) is 0.586. The van der Waals surface area contributed by atoms with Gasteiger partial charge in [-0.15, -0.1) is 24.8 Å². The predicted molar refractivity (Wildman–Crippen MR) is 56.5 cm³/mol. The van der Waals surface area contributed by atoms with E-state index in [1.54, 1.807) is 5.57 Å². The van der Waals surface area contributed by atoms with Crippen LogP contribution in [0.4, 0.5) is 0 Å². The van der Waals surface area contributed by atoms with Gasteiger partial charge in [0.25, 0.3) is 0 Å². The van der Waals surface area contributed by atoms with Gasteiger partial charge in [-0.2, -0.15) is 0 Å². The number of hydrogen-bond donors (Lipinski definition) is 2. The molecule has 0 saturated carbocycles. The van der Waals surface area contributed by atoms with Gasteiger partial charge in [0, 0.05) is 25.2 Å². The molecule has 2 atom stereocenters. The van der Waals surface area contributed by atoms with Crippen molar-refractivity contribution in [1.82, 2.24) is 10.6 Å². The maximum atomic E-state index is 3.55. The minimum Gasteiger partial charge on any atom is -0.311 e. The van der Waals surface area contributed by atoms with E-state index in [0.29, 0.717) is 12.1 Å². The Kier molecular flexibility index (Phi) is 5.18. The van der Waals surface area contributed by atoms with E-state index in [4.69, 9.17) is 0 Å². The van der Waals surface area contributed by atoms with E-state index < -0.39 is 0 Å². The van der Waals surface area contributed by atoms with Crippen molar-refractivity contribution < 1.29 is 0 Å². The standard InChI is InChI=1S/C8H14N2.2ClH/c1-6-2-3-7-4-9-5-8(7)10-6;;/h3,6,8-10H,2,4-5H2,1H3;2*1H. The lowest BCUT2D eigenvalue weighted by atomic mass is 10.0. The van der Waals surface area contributed by atoms with Crippen LogP contribution in [0.3, 0.4) is 0 Å². The lowest BCUT2D eigenvalue weighted by Gasteiger charge is -2.23. The molecule has 0 aromatic carbocycles. The minimum atomic E-state index is 0. The number of hydrogen-bond acceptors (Lipinski definition) is 2. The fourth-order valence-electron chi connectivity index (χ4n) is 1.74. The van der Waals surface area contributed by atoms with Crippen molar-refractivity contribution in [2.24, 2.45) is 0 Å². The monoisotopic (exact) mass is 210 g/mol. The van der Waals surface area contributed by atoms with Gasteiger partial charge >= 0.3 is 0 Å². The molecule has 72 valence electrons. The highest BCUT2D eigenvalue weighted by Gasteiger charge is 2.24. The van der Waals surface area contributed by atoms with Crippen LogP contribution in [-0.2, 0) is 0 Å². The molecule has 12 heavy (non-hydrogen) atoms. The van der Waals surface area contributed by atoms with Gasteiger partial charge in [-0.25, -0.2) is 0 Å². The molecule has 0 aromatic heterocycles.